The van der Waals surface area contributed by atoms with E-state index >= 15 is 0 Å². The van der Waals surface area contributed by atoms with Crippen molar-refractivity contribution in [2.24, 2.45) is 0 Å². The molecular weight excluding hydrogens is 256 g/mol. The van der Waals surface area contributed by atoms with Crippen molar-refractivity contribution in [1.82, 2.24) is 4.98 Å². The molecule has 4 heteroatoms. The lowest BCUT2D eigenvalue weighted by molar-refractivity contribution is -0.111. The summed E-state index contributed by atoms with van der Waals surface area (Å²) in [4.78, 5) is 17.3. The number of aromatic nitrogens is 1. The second-order valence-corrected chi connectivity index (χ2v) is 5.36. The molecule has 0 aliphatic rings. The van der Waals surface area contributed by atoms with Crippen LogP contribution in [0.2, 0.25) is 0 Å². The monoisotopic (exact) mass is 272 g/mol. The predicted octanol–water partition coefficient (Wildman–Crippen LogP) is 3.72. The van der Waals surface area contributed by atoms with Crippen LogP contribution in [0.4, 0.5) is 5.69 Å². The number of amides is 1. The Morgan fingerprint density at radius 2 is 2.16 bits per heavy atom. The lowest BCUT2D eigenvalue weighted by Crippen LogP contribution is -2.11. The van der Waals surface area contributed by atoms with Crippen molar-refractivity contribution in [2.75, 3.05) is 5.32 Å². The lowest BCUT2D eigenvalue weighted by Gasteiger charge is -2.10. The number of aryl methyl sites for hydroxylation is 3. The molecule has 1 N–H and O–H groups in total. The van der Waals surface area contributed by atoms with Crippen molar-refractivity contribution in [3.8, 4) is 0 Å². The third kappa shape index (κ3) is 3.51. The largest absolute Gasteiger partial charge is 0.321 e. The van der Waals surface area contributed by atoms with Gasteiger partial charge in [-0.25, -0.2) is 0 Å². The number of anilines is 1. The molecule has 0 radical (unpaired) electrons. The zero-order chi connectivity index (χ0) is 13.8. The number of carbonyl (C=O) groups excluding carboxylic acids is 1. The number of rotatable bonds is 3. The van der Waals surface area contributed by atoms with E-state index in [2.05, 4.69) is 10.3 Å². The van der Waals surface area contributed by atoms with Gasteiger partial charge in [0.2, 0.25) is 5.91 Å². The van der Waals surface area contributed by atoms with Gasteiger partial charge in [0.1, 0.15) is 0 Å². The summed E-state index contributed by atoms with van der Waals surface area (Å²) in [6.45, 7) is 5.82. The van der Waals surface area contributed by atoms with Crippen LogP contribution in [0.25, 0.3) is 6.08 Å². The van der Waals surface area contributed by atoms with Gasteiger partial charge in [-0.3, -0.25) is 9.78 Å². The SMILES string of the molecule is Cc1cc(C)c(NC(=O)/C=C/c2cccs2)c(C)n1. The summed E-state index contributed by atoms with van der Waals surface area (Å²) in [7, 11) is 0. The van der Waals surface area contributed by atoms with Crippen LogP contribution in [-0.4, -0.2) is 10.9 Å². The summed E-state index contributed by atoms with van der Waals surface area (Å²) in [5.74, 6) is -0.134. The third-order valence-corrected chi connectivity index (χ3v) is 3.55. The Kier molecular flexibility index (Phi) is 4.12. The number of nitrogens with one attached hydrogen (secondary N) is 1. The van der Waals surface area contributed by atoms with E-state index in [0.717, 1.165) is 27.5 Å². The van der Waals surface area contributed by atoms with Gasteiger partial charge in [0.05, 0.1) is 11.4 Å². The minimum absolute atomic E-state index is 0.134. The summed E-state index contributed by atoms with van der Waals surface area (Å²) < 4.78 is 0. The normalized spacial score (nSPS) is 10.9. The number of hydrogen-bond acceptors (Lipinski definition) is 3. The number of pyridine rings is 1. The van der Waals surface area contributed by atoms with Gasteiger partial charge >= 0.3 is 0 Å². The summed E-state index contributed by atoms with van der Waals surface area (Å²) in [6.07, 6.45) is 3.36. The molecule has 0 saturated heterocycles. The van der Waals surface area contributed by atoms with E-state index in [1.54, 1.807) is 17.4 Å². The topological polar surface area (TPSA) is 42.0 Å². The van der Waals surface area contributed by atoms with Gasteiger partial charge in [-0.15, -0.1) is 11.3 Å². The molecule has 2 aromatic heterocycles. The van der Waals surface area contributed by atoms with Crippen molar-refractivity contribution >= 4 is 29.0 Å². The maximum Gasteiger partial charge on any atom is 0.248 e. The Morgan fingerprint density at radius 1 is 1.37 bits per heavy atom. The van der Waals surface area contributed by atoms with Crippen LogP contribution < -0.4 is 5.32 Å². The van der Waals surface area contributed by atoms with Crippen LogP contribution in [0.3, 0.4) is 0 Å². The standard InChI is InChI=1S/C15H16N2OS/c1-10-9-11(2)16-12(3)15(10)17-14(18)7-6-13-5-4-8-19-13/h4-9H,1-3H3,(H,17,18)/b7-6+. The van der Waals surface area contributed by atoms with Gasteiger partial charge in [0, 0.05) is 16.6 Å². The lowest BCUT2D eigenvalue weighted by atomic mass is 10.1. The second kappa shape index (κ2) is 5.80. The van der Waals surface area contributed by atoms with E-state index in [1.807, 2.05) is 50.4 Å². The zero-order valence-electron chi connectivity index (χ0n) is 11.2. The maximum absolute atomic E-state index is 11.9. The van der Waals surface area contributed by atoms with E-state index in [0.29, 0.717) is 0 Å². The van der Waals surface area contributed by atoms with Crippen molar-refractivity contribution in [1.29, 1.82) is 0 Å². The number of thiophene rings is 1. The Hall–Kier alpha value is -1.94. The van der Waals surface area contributed by atoms with E-state index in [9.17, 15) is 4.79 Å². The fourth-order valence-corrected chi connectivity index (χ4v) is 2.54. The number of carbonyl (C=O) groups is 1. The van der Waals surface area contributed by atoms with Gasteiger partial charge in [-0.2, -0.15) is 0 Å². The third-order valence-electron chi connectivity index (χ3n) is 2.72. The minimum Gasteiger partial charge on any atom is -0.321 e. The summed E-state index contributed by atoms with van der Waals surface area (Å²) >= 11 is 1.60. The van der Waals surface area contributed by atoms with Gasteiger partial charge in [-0.1, -0.05) is 6.07 Å². The first kappa shape index (κ1) is 13.5. The Balaban J connectivity index is 2.11. The quantitative estimate of drug-likeness (QED) is 0.865. The van der Waals surface area contributed by atoms with E-state index in [4.69, 9.17) is 0 Å². The molecular formula is C15H16N2OS. The van der Waals surface area contributed by atoms with Gasteiger partial charge < -0.3 is 5.32 Å². The Morgan fingerprint density at radius 3 is 2.79 bits per heavy atom. The molecule has 0 saturated carbocycles. The molecule has 0 unspecified atom stereocenters. The van der Waals surface area contributed by atoms with Crippen molar-refractivity contribution < 1.29 is 4.79 Å². The molecule has 3 nitrogen and oxygen atoms in total. The fourth-order valence-electron chi connectivity index (χ4n) is 1.92. The average molecular weight is 272 g/mol. The molecule has 2 heterocycles. The smallest absolute Gasteiger partial charge is 0.248 e. The highest BCUT2D eigenvalue weighted by atomic mass is 32.1. The van der Waals surface area contributed by atoms with E-state index in [-0.39, 0.29) is 5.91 Å². The van der Waals surface area contributed by atoms with Crippen molar-refractivity contribution in [3.05, 3.63) is 51.5 Å². The van der Waals surface area contributed by atoms with Crippen LogP contribution in [0.15, 0.2) is 29.7 Å². The molecule has 0 aromatic carbocycles. The van der Waals surface area contributed by atoms with Gasteiger partial charge in [-0.05, 0) is 49.9 Å². The van der Waals surface area contributed by atoms with Crippen molar-refractivity contribution in [2.45, 2.75) is 20.8 Å². The molecule has 0 bridgehead atoms. The molecule has 0 fully saturated rings. The molecule has 0 spiro atoms. The van der Waals surface area contributed by atoms with E-state index < -0.39 is 0 Å². The first-order valence-electron chi connectivity index (χ1n) is 6.03. The summed E-state index contributed by atoms with van der Waals surface area (Å²) in [6, 6.07) is 5.89. The van der Waals surface area contributed by atoms with Crippen LogP contribution in [0.1, 0.15) is 21.8 Å². The summed E-state index contributed by atoms with van der Waals surface area (Å²) in [5.41, 5.74) is 3.63. The second-order valence-electron chi connectivity index (χ2n) is 4.38. The van der Waals surface area contributed by atoms with Crippen LogP contribution in [0, 0.1) is 20.8 Å². The molecule has 1 amide bonds. The van der Waals surface area contributed by atoms with Crippen molar-refractivity contribution in [3.63, 3.8) is 0 Å². The van der Waals surface area contributed by atoms with Crippen LogP contribution in [-0.2, 0) is 4.79 Å². The maximum atomic E-state index is 11.9. The van der Waals surface area contributed by atoms with E-state index in [1.165, 1.54) is 0 Å². The highest BCUT2D eigenvalue weighted by Crippen LogP contribution is 2.19. The molecule has 2 rings (SSSR count). The first-order valence-corrected chi connectivity index (χ1v) is 6.91. The number of hydrogen-bond donors (Lipinski definition) is 1. The Bertz CT molecular complexity index is 592. The number of nitrogens with zero attached hydrogens (tertiary/aromatic N) is 1. The minimum atomic E-state index is -0.134. The summed E-state index contributed by atoms with van der Waals surface area (Å²) in [5, 5.41) is 4.87. The predicted molar refractivity (Wildman–Crippen MR) is 80.4 cm³/mol. The van der Waals surface area contributed by atoms with Crippen LogP contribution >= 0.6 is 11.3 Å². The van der Waals surface area contributed by atoms with Gasteiger partial charge in [0.25, 0.3) is 0 Å². The Labute approximate surface area is 117 Å². The molecule has 0 atom stereocenters. The molecule has 98 valence electrons. The fraction of sp³-hybridized carbons (Fsp3) is 0.200. The highest BCUT2D eigenvalue weighted by molar-refractivity contribution is 7.10. The molecule has 19 heavy (non-hydrogen) atoms. The zero-order valence-corrected chi connectivity index (χ0v) is 12.0. The molecule has 2 aromatic rings. The molecule has 0 aliphatic heterocycles. The van der Waals surface area contributed by atoms with Gasteiger partial charge in [0.15, 0.2) is 0 Å². The van der Waals surface area contributed by atoms with Crippen LogP contribution in [0.5, 0.6) is 0 Å². The first-order chi connectivity index (χ1) is 9.06. The highest BCUT2D eigenvalue weighted by Gasteiger charge is 2.07. The average Bonchev–Trinajstić information content (AvgIpc) is 2.84. The molecule has 0 aliphatic carbocycles.